The highest BCUT2D eigenvalue weighted by Crippen LogP contribution is 2.28. The molecule has 0 heterocycles. The highest BCUT2D eigenvalue weighted by atomic mass is 79.9. The number of carbonyl (C=O) groups excluding carboxylic acids is 2. The van der Waals surface area contributed by atoms with Crippen LogP contribution >= 0.6 is 39.1 Å². The summed E-state index contributed by atoms with van der Waals surface area (Å²) in [6.45, 7) is -0.0979. The Labute approximate surface area is 236 Å². The van der Waals surface area contributed by atoms with E-state index in [0.717, 1.165) is 41.3 Å². The van der Waals surface area contributed by atoms with E-state index < -0.39 is 6.04 Å². The van der Waals surface area contributed by atoms with Crippen molar-refractivity contribution in [1.29, 1.82) is 0 Å². The van der Waals surface area contributed by atoms with Gasteiger partial charge in [0, 0.05) is 28.5 Å². The quantitative estimate of drug-likeness (QED) is 0.276. The van der Waals surface area contributed by atoms with E-state index in [4.69, 9.17) is 27.9 Å². The molecule has 1 aliphatic carbocycles. The van der Waals surface area contributed by atoms with Crippen molar-refractivity contribution in [1.82, 2.24) is 10.2 Å². The smallest absolute Gasteiger partial charge is 0.261 e. The van der Waals surface area contributed by atoms with Crippen molar-refractivity contribution in [2.24, 2.45) is 0 Å². The lowest BCUT2D eigenvalue weighted by molar-refractivity contribution is -0.143. The number of benzene rings is 3. The highest BCUT2D eigenvalue weighted by molar-refractivity contribution is 9.10. The third-order valence-electron chi connectivity index (χ3n) is 6.52. The fourth-order valence-corrected chi connectivity index (χ4v) is 5.47. The van der Waals surface area contributed by atoms with Crippen LogP contribution in [0.5, 0.6) is 5.75 Å². The Morgan fingerprint density at radius 3 is 2.38 bits per heavy atom. The van der Waals surface area contributed by atoms with Crippen molar-refractivity contribution in [3.05, 3.63) is 98.4 Å². The lowest BCUT2D eigenvalue weighted by Gasteiger charge is -2.32. The first-order valence-corrected chi connectivity index (χ1v) is 13.9. The van der Waals surface area contributed by atoms with Crippen molar-refractivity contribution in [2.45, 2.75) is 50.7 Å². The van der Waals surface area contributed by atoms with Crippen molar-refractivity contribution >= 4 is 50.9 Å². The number of halogens is 3. The van der Waals surface area contributed by atoms with Gasteiger partial charge in [-0.3, -0.25) is 9.59 Å². The third-order valence-corrected chi connectivity index (χ3v) is 7.67. The summed E-state index contributed by atoms with van der Waals surface area (Å²) >= 11 is 16.1. The first-order chi connectivity index (χ1) is 17.9. The Kier molecular flexibility index (Phi) is 9.89. The first kappa shape index (κ1) is 27.5. The minimum atomic E-state index is -0.740. The fraction of sp³-hybridized carbons (Fsp3) is 0.310. The molecule has 8 heteroatoms. The van der Waals surface area contributed by atoms with Gasteiger partial charge in [0.25, 0.3) is 5.91 Å². The molecular weight excluding hydrogens is 575 g/mol. The molecule has 1 atom stereocenters. The molecule has 1 fully saturated rings. The molecule has 1 unspecified atom stereocenters. The zero-order valence-electron chi connectivity index (χ0n) is 20.3. The molecule has 0 saturated heterocycles. The lowest BCUT2D eigenvalue weighted by atomic mass is 10.0. The van der Waals surface area contributed by atoms with Gasteiger partial charge in [0.15, 0.2) is 6.61 Å². The van der Waals surface area contributed by atoms with Gasteiger partial charge in [-0.05, 0) is 48.2 Å². The van der Waals surface area contributed by atoms with E-state index in [9.17, 15) is 9.59 Å². The van der Waals surface area contributed by atoms with Crippen LogP contribution in [0.3, 0.4) is 0 Å². The van der Waals surface area contributed by atoms with Gasteiger partial charge in [0.05, 0.1) is 5.02 Å². The number of nitrogens with one attached hydrogen (secondary N) is 1. The van der Waals surface area contributed by atoms with Gasteiger partial charge in [0.2, 0.25) is 5.91 Å². The van der Waals surface area contributed by atoms with Crippen LogP contribution < -0.4 is 10.1 Å². The molecular formula is C29H29BrCl2N2O3. The number of nitrogens with zero attached hydrogens (tertiary/aromatic N) is 1. The predicted octanol–water partition coefficient (Wildman–Crippen LogP) is 6.83. The van der Waals surface area contributed by atoms with Gasteiger partial charge in [-0.2, -0.15) is 0 Å². The van der Waals surface area contributed by atoms with E-state index in [2.05, 4.69) is 21.2 Å². The number of amides is 2. The maximum Gasteiger partial charge on any atom is 0.261 e. The second-order valence-electron chi connectivity index (χ2n) is 9.17. The molecule has 4 rings (SSSR count). The fourth-order valence-electron chi connectivity index (χ4n) is 4.55. The van der Waals surface area contributed by atoms with Crippen LogP contribution in [0.25, 0.3) is 0 Å². The van der Waals surface area contributed by atoms with Crippen LogP contribution in [0.1, 0.15) is 36.8 Å². The highest BCUT2D eigenvalue weighted by Gasteiger charge is 2.32. The standard InChI is InChI=1S/C29H29BrCl2N2O3/c30-22-14-15-27(25(32)17-22)37-19-28(35)34(18-21-10-4-7-13-24(21)31)26(16-20-8-2-1-3-9-20)29(36)33-23-11-5-6-12-23/h1-4,7-10,13-15,17,23,26H,5-6,11-12,16,18-19H2,(H,33,36). The Bertz CT molecular complexity index is 1220. The SMILES string of the molecule is O=C(NC1CCCC1)C(Cc1ccccc1)N(Cc1ccccc1Cl)C(=O)COc1ccc(Br)cc1Cl. The molecule has 1 N–H and O–H groups in total. The van der Waals surface area contributed by atoms with Crippen molar-refractivity contribution in [2.75, 3.05) is 6.61 Å². The number of carbonyl (C=O) groups is 2. The summed E-state index contributed by atoms with van der Waals surface area (Å²) in [5.74, 6) is -0.106. The third kappa shape index (κ3) is 7.73. The molecule has 3 aromatic carbocycles. The molecule has 5 nitrogen and oxygen atoms in total. The molecule has 0 spiro atoms. The van der Waals surface area contributed by atoms with Crippen molar-refractivity contribution in [3.63, 3.8) is 0 Å². The molecule has 2 amide bonds. The number of rotatable bonds is 10. The molecule has 1 aliphatic rings. The molecule has 0 aliphatic heterocycles. The Morgan fingerprint density at radius 1 is 0.973 bits per heavy atom. The van der Waals surface area contributed by atoms with E-state index in [1.54, 1.807) is 29.2 Å². The number of hydrogen-bond donors (Lipinski definition) is 1. The van der Waals surface area contributed by atoms with E-state index >= 15 is 0 Å². The van der Waals surface area contributed by atoms with Gasteiger partial charge in [-0.15, -0.1) is 0 Å². The Hall–Kier alpha value is -2.54. The van der Waals surface area contributed by atoms with E-state index in [-0.39, 0.29) is 31.0 Å². The summed E-state index contributed by atoms with van der Waals surface area (Å²) in [5, 5.41) is 4.11. The minimum Gasteiger partial charge on any atom is -0.482 e. The van der Waals surface area contributed by atoms with Gasteiger partial charge >= 0.3 is 0 Å². The average molecular weight is 604 g/mol. The molecule has 1 saturated carbocycles. The van der Waals surface area contributed by atoms with Crippen LogP contribution in [0.4, 0.5) is 0 Å². The van der Waals surface area contributed by atoms with Gasteiger partial charge in [0.1, 0.15) is 11.8 Å². The predicted molar refractivity (Wildman–Crippen MR) is 151 cm³/mol. The van der Waals surface area contributed by atoms with Crippen LogP contribution in [0.2, 0.25) is 10.0 Å². The van der Waals surface area contributed by atoms with Crippen LogP contribution in [0, 0.1) is 0 Å². The average Bonchev–Trinajstić information content (AvgIpc) is 3.40. The van der Waals surface area contributed by atoms with E-state index in [1.807, 2.05) is 48.5 Å². The van der Waals surface area contributed by atoms with Gasteiger partial charge in [-0.25, -0.2) is 0 Å². The molecule has 0 bridgehead atoms. The Balaban J connectivity index is 1.63. The number of hydrogen-bond acceptors (Lipinski definition) is 3. The van der Waals surface area contributed by atoms with Crippen molar-refractivity contribution < 1.29 is 14.3 Å². The van der Waals surface area contributed by atoms with Crippen LogP contribution in [-0.4, -0.2) is 35.4 Å². The summed E-state index contributed by atoms with van der Waals surface area (Å²) < 4.78 is 6.62. The normalized spacial score (nSPS) is 14.2. The zero-order chi connectivity index (χ0) is 26.2. The summed E-state index contributed by atoms with van der Waals surface area (Å²) in [6, 6.07) is 21.7. The first-order valence-electron chi connectivity index (χ1n) is 12.4. The summed E-state index contributed by atoms with van der Waals surface area (Å²) in [5.41, 5.74) is 1.72. The van der Waals surface area contributed by atoms with Crippen molar-refractivity contribution in [3.8, 4) is 5.75 Å². The topological polar surface area (TPSA) is 58.6 Å². The van der Waals surface area contributed by atoms with Crippen LogP contribution in [0.15, 0.2) is 77.3 Å². The minimum absolute atomic E-state index is 0.126. The van der Waals surface area contributed by atoms with Gasteiger partial charge in [-0.1, -0.05) is 101 Å². The molecule has 3 aromatic rings. The second kappa shape index (κ2) is 13.3. The van der Waals surface area contributed by atoms with E-state index in [1.165, 1.54) is 0 Å². The maximum absolute atomic E-state index is 13.7. The molecule has 37 heavy (non-hydrogen) atoms. The van der Waals surface area contributed by atoms with Crippen LogP contribution in [-0.2, 0) is 22.6 Å². The maximum atomic E-state index is 13.7. The van der Waals surface area contributed by atoms with Gasteiger partial charge < -0.3 is 15.0 Å². The molecule has 0 radical (unpaired) electrons. The molecule has 0 aromatic heterocycles. The molecule has 194 valence electrons. The monoisotopic (exact) mass is 602 g/mol. The lowest BCUT2D eigenvalue weighted by Crippen LogP contribution is -2.53. The zero-order valence-corrected chi connectivity index (χ0v) is 23.4. The Morgan fingerprint density at radius 2 is 1.68 bits per heavy atom. The number of ether oxygens (including phenoxy) is 1. The summed E-state index contributed by atoms with van der Waals surface area (Å²) in [7, 11) is 0. The second-order valence-corrected chi connectivity index (χ2v) is 10.9. The largest absolute Gasteiger partial charge is 0.482 e. The summed E-state index contributed by atoms with van der Waals surface area (Å²) in [4.78, 5) is 29.0. The summed E-state index contributed by atoms with van der Waals surface area (Å²) in [6.07, 6.45) is 4.46. The van der Waals surface area contributed by atoms with E-state index in [0.29, 0.717) is 22.2 Å².